The molecule has 0 bridgehead atoms. The molecular formula is C33H58O9. The van der Waals surface area contributed by atoms with E-state index in [1.54, 1.807) is 0 Å². The van der Waals surface area contributed by atoms with Gasteiger partial charge in [-0.1, -0.05) is 34.6 Å². The summed E-state index contributed by atoms with van der Waals surface area (Å²) in [6.07, 6.45) is 0.929. The van der Waals surface area contributed by atoms with Gasteiger partial charge < -0.3 is 44.8 Å². The van der Waals surface area contributed by atoms with E-state index in [2.05, 4.69) is 34.6 Å². The third-order valence-electron chi connectivity index (χ3n) is 13.1. The van der Waals surface area contributed by atoms with Crippen LogP contribution in [-0.4, -0.2) is 99.0 Å². The zero-order valence-electron chi connectivity index (χ0n) is 26.6. The van der Waals surface area contributed by atoms with Crippen molar-refractivity contribution in [2.45, 2.75) is 147 Å². The van der Waals surface area contributed by atoms with Gasteiger partial charge in [0.1, 0.15) is 18.3 Å². The fourth-order valence-electron chi connectivity index (χ4n) is 10.9. The molecule has 4 saturated carbocycles. The molecule has 4 aliphatic carbocycles. The van der Waals surface area contributed by atoms with Gasteiger partial charge in [0.15, 0.2) is 6.29 Å². The highest BCUT2D eigenvalue weighted by molar-refractivity contribution is 5.20. The van der Waals surface area contributed by atoms with Crippen molar-refractivity contribution in [3.63, 3.8) is 0 Å². The number of ether oxygens (including phenoxy) is 3. The quantitative estimate of drug-likeness (QED) is 0.248. The van der Waals surface area contributed by atoms with Gasteiger partial charge in [-0.25, -0.2) is 0 Å². The van der Waals surface area contributed by atoms with E-state index < -0.39 is 42.4 Å². The van der Waals surface area contributed by atoms with E-state index in [0.717, 1.165) is 32.1 Å². The molecular weight excluding hydrogens is 540 g/mol. The highest BCUT2D eigenvalue weighted by Gasteiger charge is 2.70. The lowest BCUT2D eigenvalue weighted by molar-refractivity contribution is -0.290. The van der Waals surface area contributed by atoms with Gasteiger partial charge in [0.25, 0.3) is 0 Å². The first-order valence-electron chi connectivity index (χ1n) is 16.6. The first kappa shape index (κ1) is 33.0. The molecule has 244 valence electrons. The maximum atomic E-state index is 12.5. The van der Waals surface area contributed by atoms with Crippen molar-refractivity contribution in [3.8, 4) is 0 Å². The van der Waals surface area contributed by atoms with E-state index in [4.69, 9.17) is 14.2 Å². The Morgan fingerprint density at radius 3 is 2.24 bits per heavy atom. The first-order valence-corrected chi connectivity index (χ1v) is 16.6. The van der Waals surface area contributed by atoms with E-state index in [1.165, 1.54) is 7.11 Å². The summed E-state index contributed by atoms with van der Waals surface area (Å²) < 4.78 is 17.2. The van der Waals surface area contributed by atoms with Crippen LogP contribution in [0.4, 0.5) is 0 Å². The molecule has 42 heavy (non-hydrogen) atoms. The molecule has 1 heterocycles. The maximum Gasteiger partial charge on any atom is 0.186 e. The Balaban J connectivity index is 1.28. The second-order valence-corrected chi connectivity index (χ2v) is 15.7. The van der Waals surface area contributed by atoms with Crippen molar-refractivity contribution in [3.05, 3.63) is 0 Å². The van der Waals surface area contributed by atoms with Crippen molar-refractivity contribution in [1.29, 1.82) is 0 Å². The topological polar surface area (TPSA) is 149 Å². The van der Waals surface area contributed by atoms with E-state index >= 15 is 0 Å². The van der Waals surface area contributed by atoms with Gasteiger partial charge in [-0.05, 0) is 91.8 Å². The lowest BCUT2D eigenvalue weighted by Gasteiger charge is -2.66. The van der Waals surface area contributed by atoms with E-state index in [-0.39, 0.29) is 71.6 Å². The Bertz CT molecular complexity index is 933. The second kappa shape index (κ2) is 12.1. The molecule has 0 aromatic heterocycles. The van der Waals surface area contributed by atoms with Crippen LogP contribution >= 0.6 is 0 Å². The van der Waals surface area contributed by atoms with Gasteiger partial charge >= 0.3 is 0 Å². The largest absolute Gasteiger partial charge is 0.393 e. The van der Waals surface area contributed by atoms with Gasteiger partial charge in [0, 0.05) is 19.4 Å². The Hall–Kier alpha value is -0.360. The average Bonchev–Trinajstić information content (AvgIpc) is 3.19. The number of hydrogen-bond acceptors (Lipinski definition) is 9. The molecule has 5 aliphatic rings. The van der Waals surface area contributed by atoms with Crippen molar-refractivity contribution in [2.24, 2.45) is 46.3 Å². The molecule has 0 amide bonds. The molecule has 6 N–H and O–H groups in total. The number of rotatable bonds is 8. The predicted molar refractivity (Wildman–Crippen MR) is 156 cm³/mol. The summed E-state index contributed by atoms with van der Waals surface area (Å²) in [5.74, 6) is 0.355. The van der Waals surface area contributed by atoms with Crippen LogP contribution in [0.2, 0.25) is 0 Å². The highest BCUT2D eigenvalue weighted by Crippen LogP contribution is 2.69. The minimum Gasteiger partial charge on any atom is -0.393 e. The summed E-state index contributed by atoms with van der Waals surface area (Å²) in [5.41, 5.74) is -1.63. The van der Waals surface area contributed by atoms with Crippen molar-refractivity contribution in [1.82, 2.24) is 0 Å². The van der Waals surface area contributed by atoms with Crippen LogP contribution in [0.5, 0.6) is 0 Å². The summed E-state index contributed by atoms with van der Waals surface area (Å²) in [7, 11) is 1.46. The third kappa shape index (κ3) is 5.41. The number of aliphatic hydroxyl groups excluding tert-OH is 5. The lowest BCUT2D eigenvalue weighted by Crippen LogP contribution is -2.68. The summed E-state index contributed by atoms with van der Waals surface area (Å²) in [5, 5.41) is 66.7. The molecule has 5 fully saturated rings. The third-order valence-corrected chi connectivity index (χ3v) is 13.1. The Labute approximate surface area is 251 Å². The fraction of sp³-hybridized carbons (Fsp3) is 1.00. The van der Waals surface area contributed by atoms with E-state index in [9.17, 15) is 30.6 Å². The van der Waals surface area contributed by atoms with E-state index in [1.807, 2.05) is 0 Å². The van der Waals surface area contributed by atoms with Gasteiger partial charge in [0.05, 0.1) is 36.6 Å². The van der Waals surface area contributed by atoms with E-state index in [0.29, 0.717) is 19.3 Å². The molecule has 1 aliphatic heterocycles. The predicted octanol–water partition coefficient (Wildman–Crippen LogP) is 2.61. The number of hydrogen-bond donors (Lipinski definition) is 6. The summed E-state index contributed by atoms with van der Waals surface area (Å²) >= 11 is 0. The monoisotopic (exact) mass is 598 g/mol. The summed E-state index contributed by atoms with van der Waals surface area (Å²) in [4.78, 5) is 0. The smallest absolute Gasteiger partial charge is 0.186 e. The Kier molecular flexibility index (Phi) is 9.51. The zero-order valence-corrected chi connectivity index (χ0v) is 26.6. The van der Waals surface area contributed by atoms with Crippen LogP contribution < -0.4 is 0 Å². The van der Waals surface area contributed by atoms with Crippen molar-refractivity contribution in [2.75, 3.05) is 13.7 Å². The molecule has 1 saturated heterocycles. The molecule has 7 unspecified atom stereocenters. The molecule has 0 aromatic rings. The number of aliphatic hydroxyl groups is 6. The standard InChI is InChI=1S/C33H58O9/c1-17(2)25(42-30-27(38)28(40-6)24(37)16-41-30)8-7-18(3)20-14-22(35)29-32(20,5)12-10-26-31(4)11-9-19(34)13-21(31)23(36)15-33(26,29)39/h17-30,34-39H,7-16H2,1-6H3/t18-,19+,20-,21?,22+,23+,24?,25+,26?,27?,28?,29?,30?,31+,32-,33+/m1/s1. The molecule has 5 rings (SSSR count). The van der Waals surface area contributed by atoms with Gasteiger partial charge in [-0.15, -0.1) is 0 Å². The highest BCUT2D eigenvalue weighted by atomic mass is 16.7. The molecule has 0 spiro atoms. The molecule has 9 nitrogen and oxygen atoms in total. The van der Waals surface area contributed by atoms with Crippen LogP contribution in [-0.2, 0) is 14.2 Å². The van der Waals surface area contributed by atoms with Crippen molar-refractivity contribution < 1.29 is 44.8 Å². The van der Waals surface area contributed by atoms with Gasteiger partial charge in [-0.3, -0.25) is 0 Å². The lowest BCUT2D eigenvalue weighted by atomic mass is 9.42. The van der Waals surface area contributed by atoms with Crippen LogP contribution in [0.15, 0.2) is 0 Å². The fourth-order valence-corrected chi connectivity index (χ4v) is 10.9. The van der Waals surface area contributed by atoms with Crippen LogP contribution in [0, 0.1) is 46.3 Å². The maximum absolute atomic E-state index is 12.5. The van der Waals surface area contributed by atoms with Crippen LogP contribution in [0.1, 0.15) is 92.4 Å². The summed E-state index contributed by atoms with van der Waals surface area (Å²) in [6.45, 7) is 10.9. The van der Waals surface area contributed by atoms with Crippen LogP contribution in [0.25, 0.3) is 0 Å². The zero-order chi connectivity index (χ0) is 30.8. The molecule has 9 heteroatoms. The SMILES string of the molecule is COC1C(O)COC(O[C@@H](CC[C@@H](C)[C@H]2C[C@H](O)C3[C@]4(O)C[C@H](O)C5C[C@@H](O)CC[C@]5(C)C4CC[C@@]32C)C(C)C)C1O. The average molecular weight is 599 g/mol. The minimum atomic E-state index is -1.13. The molecule has 0 radical (unpaired) electrons. The van der Waals surface area contributed by atoms with Gasteiger partial charge in [-0.2, -0.15) is 0 Å². The Morgan fingerprint density at radius 1 is 0.881 bits per heavy atom. The normalized spacial score (nSPS) is 52.4. The van der Waals surface area contributed by atoms with Crippen molar-refractivity contribution >= 4 is 0 Å². The first-order chi connectivity index (χ1) is 19.7. The van der Waals surface area contributed by atoms with Gasteiger partial charge in [0.2, 0.25) is 0 Å². The van der Waals surface area contributed by atoms with Crippen LogP contribution in [0.3, 0.4) is 0 Å². The summed E-state index contributed by atoms with van der Waals surface area (Å²) in [6, 6.07) is 0. The number of fused-ring (bicyclic) bond motifs is 5. The molecule has 0 aromatic carbocycles. The Morgan fingerprint density at radius 2 is 1.57 bits per heavy atom. The number of methoxy groups -OCH3 is 1. The second-order valence-electron chi connectivity index (χ2n) is 15.7. The minimum absolute atomic E-state index is 0.00256. The molecule has 16 atom stereocenters.